The largest absolute Gasteiger partial charge is 0.367 e. The molecule has 4 nitrogen and oxygen atoms in total. The van der Waals surface area contributed by atoms with Gasteiger partial charge in [0.1, 0.15) is 0 Å². The molecule has 0 aliphatic heterocycles. The van der Waals surface area contributed by atoms with E-state index < -0.39 is 11.5 Å². The molecule has 1 atom stereocenters. The van der Waals surface area contributed by atoms with Crippen molar-refractivity contribution < 1.29 is 15.0 Å². The molecule has 12 heavy (non-hydrogen) atoms. The number of hydrogen-bond acceptors (Lipinski definition) is 4. The molecule has 0 bridgehead atoms. The minimum Gasteiger partial charge on any atom is -0.367 e. The van der Waals surface area contributed by atoms with Crippen molar-refractivity contribution in [3.63, 3.8) is 0 Å². The SMILES string of the molecule is CCNC(=O)CC(SC)C(O)O. The minimum atomic E-state index is -1.43. The van der Waals surface area contributed by atoms with Crippen LogP contribution in [0.1, 0.15) is 13.3 Å². The Morgan fingerprint density at radius 3 is 2.50 bits per heavy atom. The Morgan fingerprint density at radius 1 is 1.58 bits per heavy atom. The van der Waals surface area contributed by atoms with Crippen LogP contribution in [0, 0.1) is 0 Å². The first-order valence-electron chi connectivity index (χ1n) is 3.77. The summed E-state index contributed by atoms with van der Waals surface area (Å²) in [6.07, 6.45) is 0.457. The van der Waals surface area contributed by atoms with Crippen molar-refractivity contribution in [2.45, 2.75) is 24.9 Å². The highest BCUT2D eigenvalue weighted by Crippen LogP contribution is 2.13. The molecular formula is C7H15NO3S. The summed E-state index contributed by atoms with van der Waals surface area (Å²) in [6, 6.07) is 0. The molecule has 1 unspecified atom stereocenters. The van der Waals surface area contributed by atoms with Gasteiger partial charge in [-0.1, -0.05) is 0 Å². The third-order valence-electron chi connectivity index (χ3n) is 1.40. The van der Waals surface area contributed by atoms with E-state index in [0.717, 1.165) is 0 Å². The number of amides is 1. The van der Waals surface area contributed by atoms with Crippen LogP contribution in [-0.4, -0.2) is 40.5 Å². The smallest absolute Gasteiger partial charge is 0.221 e. The van der Waals surface area contributed by atoms with Crippen molar-refractivity contribution >= 4 is 17.7 Å². The maximum absolute atomic E-state index is 11.0. The van der Waals surface area contributed by atoms with E-state index in [9.17, 15) is 4.79 Å². The predicted octanol–water partition coefficient (Wildman–Crippen LogP) is -0.445. The number of aliphatic hydroxyl groups is 2. The second kappa shape index (κ2) is 6.28. The van der Waals surface area contributed by atoms with Gasteiger partial charge in [-0.15, -0.1) is 0 Å². The molecule has 3 N–H and O–H groups in total. The summed E-state index contributed by atoms with van der Waals surface area (Å²) < 4.78 is 0. The normalized spacial score (nSPS) is 13.1. The zero-order valence-electron chi connectivity index (χ0n) is 7.28. The van der Waals surface area contributed by atoms with Crippen LogP contribution in [0.3, 0.4) is 0 Å². The van der Waals surface area contributed by atoms with Gasteiger partial charge in [0.15, 0.2) is 6.29 Å². The summed E-state index contributed by atoms with van der Waals surface area (Å²) >= 11 is 1.27. The molecule has 0 fully saturated rings. The fourth-order valence-electron chi connectivity index (χ4n) is 0.763. The van der Waals surface area contributed by atoms with Gasteiger partial charge in [0.25, 0.3) is 0 Å². The Hall–Kier alpha value is -0.260. The number of rotatable bonds is 5. The molecule has 0 aromatic carbocycles. The Balaban J connectivity index is 3.77. The van der Waals surface area contributed by atoms with E-state index >= 15 is 0 Å². The van der Waals surface area contributed by atoms with Crippen LogP contribution in [-0.2, 0) is 4.79 Å². The summed E-state index contributed by atoms with van der Waals surface area (Å²) in [7, 11) is 0. The molecule has 0 radical (unpaired) electrons. The van der Waals surface area contributed by atoms with Gasteiger partial charge in [-0.2, -0.15) is 11.8 Å². The van der Waals surface area contributed by atoms with Gasteiger partial charge in [0.2, 0.25) is 5.91 Å². The van der Waals surface area contributed by atoms with Crippen molar-refractivity contribution in [3.8, 4) is 0 Å². The molecule has 0 rings (SSSR count). The molecule has 0 aromatic rings. The first-order valence-corrected chi connectivity index (χ1v) is 5.06. The van der Waals surface area contributed by atoms with Crippen molar-refractivity contribution in [2.24, 2.45) is 0 Å². The fourth-order valence-corrected chi connectivity index (χ4v) is 1.32. The highest BCUT2D eigenvalue weighted by atomic mass is 32.2. The molecule has 0 heterocycles. The molecule has 0 aromatic heterocycles. The standard InChI is InChI=1S/C7H15NO3S/c1-3-8-6(9)4-5(12-2)7(10)11/h5,7,10-11H,3-4H2,1-2H3,(H,8,9). The van der Waals surface area contributed by atoms with Crippen molar-refractivity contribution in [1.82, 2.24) is 5.32 Å². The average molecular weight is 193 g/mol. The lowest BCUT2D eigenvalue weighted by Crippen LogP contribution is -2.31. The lowest BCUT2D eigenvalue weighted by molar-refractivity contribution is -0.123. The molecule has 0 aliphatic rings. The molecule has 5 heteroatoms. The van der Waals surface area contributed by atoms with Gasteiger partial charge in [-0.25, -0.2) is 0 Å². The van der Waals surface area contributed by atoms with E-state index in [1.807, 2.05) is 6.92 Å². The molecule has 0 spiro atoms. The zero-order valence-corrected chi connectivity index (χ0v) is 8.10. The van der Waals surface area contributed by atoms with Crippen LogP contribution in [0.2, 0.25) is 0 Å². The van der Waals surface area contributed by atoms with Crippen LogP contribution in [0.5, 0.6) is 0 Å². The lowest BCUT2D eigenvalue weighted by atomic mass is 10.3. The van der Waals surface area contributed by atoms with Crippen molar-refractivity contribution in [1.29, 1.82) is 0 Å². The first-order chi connectivity index (χ1) is 5.61. The van der Waals surface area contributed by atoms with E-state index in [2.05, 4.69) is 5.32 Å². The van der Waals surface area contributed by atoms with Gasteiger partial charge in [-0.05, 0) is 13.2 Å². The Morgan fingerprint density at radius 2 is 2.17 bits per heavy atom. The maximum atomic E-state index is 11.0. The minimum absolute atomic E-state index is 0.146. The van der Waals surface area contributed by atoms with Gasteiger partial charge in [-0.3, -0.25) is 4.79 Å². The van der Waals surface area contributed by atoms with Gasteiger partial charge in [0.05, 0.1) is 5.25 Å². The highest BCUT2D eigenvalue weighted by molar-refractivity contribution is 7.99. The second-order valence-corrected chi connectivity index (χ2v) is 3.42. The van der Waals surface area contributed by atoms with Gasteiger partial charge >= 0.3 is 0 Å². The Labute approximate surface area is 76.4 Å². The van der Waals surface area contributed by atoms with E-state index in [-0.39, 0.29) is 12.3 Å². The Kier molecular flexibility index (Phi) is 6.14. The third-order valence-corrected chi connectivity index (χ3v) is 2.41. The van der Waals surface area contributed by atoms with Crippen LogP contribution in [0.4, 0.5) is 0 Å². The van der Waals surface area contributed by atoms with Gasteiger partial charge < -0.3 is 15.5 Å². The summed E-state index contributed by atoms with van der Waals surface area (Å²) in [5.41, 5.74) is 0. The van der Waals surface area contributed by atoms with Crippen LogP contribution >= 0.6 is 11.8 Å². The average Bonchev–Trinajstić information content (AvgIpc) is 2.00. The summed E-state index contributed by atoms with van der Waals surface area (Å²) in [4.78, 5) is 11.0. The lowest BCUT2D eigenvalue weighted by Gasteiger charge is -2.15. The fraction of sp³-hybridized carbons (Fsp3) is 0.857. The van der Waals surface area contributed by atoms with Crippen LogP contribution < -0.4 is 5.32 Å². The van der Waals surface area contributed by atoms with Crippen molar-refractivity contribution in [2.75, 3.05) is 12.8 Å². The summed E-state index contributed by atoms with van der Waals surface area (Å²) in [6.45, 7) is 2.39. The highest BCUT2D eigenvalue weighted by Gasteiger charge is 2.18. The number of thioether (sulfide) groups is 1. The molecule has 1 amide bonds. The summed E-state index contributed by atoms with van der Waals surface area (Å²) in [5.74, 6) is -0.148. The van der Waals surface area contributed by atoms with E-state index in [4.69, 9.17) is 10.2 Å². The molecule has 72 valence electrons. The molecule has 0 aliphatic carbocycles. The monoisotopic (exact) mass is 193 g/mol. The number of carbonyl (C=O) groups is 1. The number of carbonyl (C=O) groups excluding carboxylic acids is 1. The Bertz CT molecular complexity index is 141. The number of hydrogen-bond donors (Lipinski definition) is 3. The van der Waals surface area contributed by atoms with Crippen LogP contribution in [0.25, 0.3) is 0 Å². The quantitative estimate of drug-likeness (QED) is 0.517. The molecule has 0 saturated carbocycles. The van der Waals surface area contributed by atoms with Gasteiger partial charge in [0, 0.05) is 13.0 Å². The van der Waals surface area contributed by atoms with E-state index in [1.165, 1.54) is 11.8 Å². The third kappa shape index (κ3) is 4.58. The topological polar surface area (TPSA) is 69.6 Å². The van der Waals surface area contributed by atoms with E-state index in [0.29, 0.717) is 6.54 Å². The molecular weight excluding hydrogens is 178 g/mol. The predicted molar refractivity (Wildman–Crippen MR) is 48.8 cm³/mol. The van der Waals surface area contributed by atoms with Crippen molar-refractivity contribution in [3.05, 3.63) is 0 Å². The van der Waals surface area contributed by atoms with E-state index in [1.54, 1.807) is 6.26 Å². The first kappa shape index (κ1) is 11.7. The maximum Gasteiger partial charge on any atom is 0.221 e. The second-order valence-electron chi connectivity index (χ2n) is 2.35. The van der Waals surface area contributed by atoms with Crippen LogP contribution in [0.15, 0.2) is 0 Å². The zero-order chi connectivity index (χ0) is 9.56. The summed E-state index contributed by atoms with van der Waals surface area (Å²) in [5, 5.41) is 19.7. The number of nitrogens with one attached hydrogen (secondary N) is 1. The molecule has 0 saturated heterocycles. The number of aliphatic hydroxyl groups excluding tert-OH is 1.